The number of nitrogens with zero attached hydrogens (tertiary/aromatic N) is 2. The maximum atomic E-state index is 14.0. The standard InChI is InChI=1S/C25H24FN3O3/c1-15(2)24-28-25(32-29-24)19-9-6-7-16(3)23(19)27-22(30)14-12-17-11-13-21(31-17)18-8-4-5-10-20(18)26/h4-11,13,15H,12,14H2,1-3H3,(H,27,30). The van der Waals surface area contributed by atoms with Crippen LogP contribution in [0.3, 0.4) is 0 Å². The van der Waals surface area contributed by atoms with Crippen molar-refractivity contribution in [1.29, 1.82) is 0 Å². The molecule has 0 fully saturated rings. The quantitative estimate of drug-likeness (QED) is 0.379. The van der Waals surface area contributed by atoms with Crippen molar-refractivity contribution in [2.24, 2.45) is 0 Å². The minimum Gasteiger partial charge on any atom is -0.461 e. The summed E-state index contributed by atoms with van der Waals surface area (Å²) in [5, 5.41) is 6.98. The number of carbonyl (C=O) groups excluding carboxylic acids is 1. The van der Waals surface area contributed by atoms with Crippen molar-refractivity contribution in [3.63, 3.8) is 0 Å². The number of nitrogens with one attached hydrogen (secondary N) is 1. The first kappa shape index (κ1) is 21.5. The number of rotatable bonds is 7. The summed E-state index contributed by atoms with van der Waals surface area (Å²) >= 11 is 0. The number of amides is 1. The van der Waals surface area contributed by atoms with Gasteiger partial charge in [-0.05, 0) is 42.8 Å². The molecule has 0 radical (unpaired) electrons. The van der Waals surface area contributed by atoms with Crippen LogP contribution in [-0.2, 0) is 11.2 Å². The summed E-state index contributed by atoms with van der Waals surface area (Å²) in [5.74, 6) is 1.65. The molecule has 7 heteroatoms. The van der Waals surface area contributed by atoms with Gasteiger partial charge >= 0.3 is 0 Å². The minimum atomic E-state index is -0.347. The van der Waals surface area contributed by atoms with Gasteiger partial charge in [0.15, 0.2) is 5.82 Å². The van der Waals surface area contributed by atoms with E-state index in [1.54, 1.807) is 30.3 Å². The van der Waals surface area contributed by atoms with Crippen LogP contribution in [-0.4, -0.2) is 16.0 Å². The second kappa shape index (κ2) is 9.18. The first-order chi connectivity index (χ1) is 15.4. The highest BCUT2D eigenvalue weighted by molar-refractivity contribution is 5.95. The molecule has 0 spiro atoms. The molecule has 1 amide bonds. The van der Waals surface area contributed by atoms with Crippen LogP contribution in [0.2, 0.25) is 0 Å². The number of aromatic nitrogens is 2. The number of halogens is 1. The molecule has 0 aliphatic heterocycles. The number of carbonyl (C=O) groups is 1. The third-order valence-corrected chi connectivity index (χ3v) is 5.13. The van der Waals surface area contributed by atoms with Gasteiger partial charge in [0.2, 0.25) is 5.91 Å². The number of para-hydroxylation sites is 1. The second-order valence-corrected chi connectivity index (χ2v) is 7.90. The van der Waals surface area contributed by atoms with Crippen molar-refractivity contribution in [2.75, 3.05) is 5.32 Å². The highest BCUT2D eigenvalue weighted by Crippen LogP contribution is 2.31. The Morgan fingerprint density at radius 1 is 1.06 bits per heavy atom. The molecule has 164 valence electrons. The third-order valence-electron chi connectivity index (χ3n) is 5.13. The van der Waals surface area contributed by atoms with Crippen molar-refractivity contribution >= 4 is 11.6 Å². The smallest absolute Gasteiger partial charge is 0.260 e. The van der Waals surface area contributed by atoms with Crippen molar-refractivity contribution in [2.45, 2.75) is 39.5 Å². The van der Waals surface area contributed by atoms with Crippen molar-refractivity contribution in [3.05, 3.63) is 77.6 Å². The summed E-state index contributed by atoms with van der Waals surface area (Å²) in [6, 6.07) is 15.5. The maximum Gasteiger partial charge on any atom is 0.260 e. The molecule has 0 saturated heterocycles. The summed E-state index contributed by atoms with van der Waals surface area (Å²) in [6.07, 6.45) is 0.596. The highest BCUT2D eigenvalue weighted by Gasteiger charge is 2.18. The van der Waals surface area contributed by atoms with Crippen LogP contribution in [0.25, 0.3) is 22.8 Å². The predicted octanol–water partition coefficient (Wildman–Crippen LogP) is 6.14. The molecule has 0 unspecified atom stereocenters. The number of anilines is 1. The van der Waals surface area contributed by atoms with Crippen LogP contribution in [0.5, 0.6) is 0 Å². The second-order valence-electron chi connectivity index (χ2n) is 7.90. The Hall–Kier alpha value is -3.74. The van der Waals surface area contributed by atoms with E-state index >= 15 is 0 Å². The molecule has 0 atom stereocenters. The Kier molecular flexibility index (Phi) is 6.16. The third kappa shape index (κ3) is 4.61. The summed E-state index contributed by atoms with van der Waals surface area (Å²) in [5.41, 5.74) is 2.61. The van der Waals surface area contributed by atoms with Gasteiger partial charge in [0.05, 0.1) is 16.8 Å². The zero-order valence-corrected chi connectivity index (χ0v) is 18.2. The average Bonchev–Trinajstić information content (AvgIpc) is 3.44. The van der Waals surface area contributed by atoms with Crippen LogP contribution in [0.4, 0.5) is 10.1 Å². The van der Waals surface area contributed by atoms with E-state index in [1.165, 1.54) is 6.07 Å². The molecule has 2 aromatic heterocycles. The normalized spacial score (nSPS) is 11.2. The lowest BCUT2D eigenvalue weighted by molar-refractivity contribution is -0.116. The zero-order chi connectivity index (χ0) is 22.7. The van der Waals surface area contributed by atoms with Gasteiger partial charge in [-0.15, -0.1) is 0 Å². The molecule has 0 aliphatic carbocycles. The maximum absolute atomic E-state index is 14.0. The Balaban J connectivity index is 1.45. The fourth-order valence-corrected chi connectivity index (χ4v) is 3.35. The lowest BCUT2D eigenvalue weighted by Gasteiger charge is -2.11. The van der Waals surface area contributed by atoms with Gasteiger partial charge in [-0.2, -0.15) is 4.98 Å². The van der Waals surface area contributed by atoms with Crippen LogP contribution >= 0.6 is 0 Å². The van der Waals surface area contributed by atoms with Crippen LogP contribution in [0.1, 0.15) is 43.3 Å². The molecule has 4 rings (SSSR count). The minimum absolute atomic E-state index is 0.137. The number of hydrogen-bond acceptors (Lipinski definition) is 5. The van der Waals surface area contributed by atoms with E-state index in [1.807, 2.05) is 39.0 Å². The first-order valence-electron chi connectivity index (χ1n) is 10.5. The highest BCUT2D eigenvalue weighted by atomic mass is 19.1. The van der Waals surface area contributed by atoms with E-state index in [2.05, 4.69) is 15.5 Å². The zero-order valence-electron chi connectivity index (χ0n) is 18.2. The van der Waals surface area contributed by atoms with Crippen LogP contribution in [0.15, 0.2) is 63.5 Å². The Morgan fingerprint density at radius 2 is 1.84 bits per heavy atom. The number of aryl methyl sites for hydroxylation is 2. The van der Waals surface area contributed by atoms with E-state index in [-0.39, 0.29) is 24.1 Å². The molecule has 0 saturated carbocycles. The Bertz CT molecular complexity index is 1240. The first-order valence-corrected chi connectivity index (χ1v) is 10.5. The van der Waals surface area contributed by atoms with Gasteiger partial charge in [0.25, 0.3) is 5.89 Å². The molecule has 2 aromatic carbocycles. The fraction of sp³-hybridized carbons (Fsp3) is 0.240. The van der Waals surface area contributed by atoms with Gasteiger partial charge in [0.1, 0.15) is 17.3 Å². The van der Waals surface area contributed by atoms with E-state index in [0.29, 0.717) is 46.5 Å². The average molecular weight is 433 g/mol. The molecule has 1 N–H and O–H groups in total. The molecule has 4 aromatic rings. The van der Waals surface area contributed by atoms with Crippen LogP contribution in [0, 0.1) is 12.7 Å². The van der Waals surface area contributed by atoms with Crippen molar-refractivity contribution in [3.8, 4) is 22.8 Å². The van der Waals surface area contributed by atoms with Gasteiger partial charge < -0.3 is 14.3 Å². The molecule has 6 nitrogen and oxygen atoms in total. The van der Waals surface area contributed by atoms with Gasteiger partial charge in [-0.25, -0.2) is 4.39 Å². The molecular weight excluding hydrogens is 409 g/mol. The largest absolute Gasteiger partial charge is 0.461 e. The monoisotopic (exact) mass is 433 g/mol. The van der Waals surface area contributed by atoms with Crippen molar-refractivity contribution in [1.82, 2.24) is 10.1 Å². The van der Waals surface area contributed by atoms with E-state index < -0.39 is 0 Å². The SMILES string of the molecule is Cc1cccc(-c2nc(C(C)C)no2)c1NC(=O)CCc1ccc(-c2ccccc2F)o1. The Morgan fingerprint density at radius 3 is 2.59 bits per heavy atom. The van der Waals surface area contributed by atoms with Gasteiger partial charge in [-0.3, -0.25) is 4.79 Å². The van der Waals surface area contributed by atoms with E-state index in [9.17, 15) is 9.18 Å². The lowest BCUT2D eigenvalue weighted by atomic mass is 10.1. The van der Waals surface area contributed by atoms with Crippen molar-refractivity contribution < 1.29 is 18.1 Å². The summed E-state index contributed by atoms with van der Waals surface area (Å²) in [7, 11) is 0. The number of hydrogen-bond donors (Lipinski definition) is 1. The molecule has 0 aliphatic rings. The fourth-order valence-electron chi connectivity index (χ4n) is 3.35. The summed E-state index contributed by atoms with van der Waals surface area (Å²) < 4.78 is 25.1. The number of benzene rings is 2. The van der Waals surface area contributed by atoms with Gasteiger partial charge in [0, 0.05) is 18.8 Å². The molecule has 2 heterocycles. The molecule has 0 bridgehead atoms. The molecule has 32 heavy (non-hydrogen) atoms. The van der Waals surface area contributed by atoms with E-state index in [0.717, 1.165) is 5.56 Å². The lowest BCUT2D eigenvalue weighted by Crippen LogP contribution is -2.14. The molecular formula is C25H24FN3O3. The number of furan rings is 1. The Labute approximate surface area is 185 Å². The summed E-state index contributed by atoms with van der Waals surface area (Å²) in [6.45, 7) is 5.88. The van der Waals surface area contributed by atoms with Gasteiger partial charge in [-0.1, -0.05) is 43.3 Å². The topological polar surface area (TPSA) is 81.2 Å². The summed E-state index contributed by atoms with van der Waals surface area (Å²) in [4.78, 5) is 17.1. The van der Waals surface area contributed by atoms with E-state index in [4.69, 9.17) is 8.94 Å². The van der Waals surface area contributed by atoms with Crippen LogP contribution < -0.4 is 5.32 Å². The predicted molar refractivity (Wildman–Crippen MR) is 120 cm³/mol.